The summed E-state index contributed by atoms with van der Waals surface area (Å²) < 4.78 is 5.89. The normalized spacial score (nSPS) is 26.8. The molecule has 2 bridgehead atoms. The molecule has 26 heavy (non-hydrogen) atoms. The van der Waals surface area contributed by atoms with Crippen LogP contribution in [0.1, 0.15) is 69.1 Å². The number of para-hydroxylation sites is 1. The Morgan fingerprint density at radius 3 is 2.58 bits per heavy atom. The minimum Gasteiger partial charge on any atom is -0.440 e. The van der Waals surface area contributed by atoms with Gasteiger partial charge in [0.1, 0.15) is 5.52 Å². The molecule has 2 unspecified atom stereocenters. The van der Waals surface area contributed by atoms with Gasteiger partial charge in [0.2, 0.25) is 5.89 Å². The van der Waals surface area contributed by atoms with Gasteiger partial charge in [-0.05, 0) is 44.9 Å². The van der Waals surface area contributed by atoms with E-state index in [0.717, 1.165) is 12.8 Å². The van der Waals surface area contributed by atoms with Crippen LogP contribution in [-0.2, 0) is 5.41 Å². The Bertz CT molecular complexity index is 806. The minimum atomic E-state index is -0.182. The minimum absolute atomic E-state index is 0.0306. The number of carbonyl (C=O) groups excluding carboxylic acids is 1. The van der Waals surface area contributed by atoms with Crippen molar-refractivity contribution >= 4 is 17.0 Å². The van der Waals surface area contributed by atoms with Crippen molar-refractivity contribution in [1.82, 2.24) is 15.2 Å². The maximum atomic E-state index is 13.0. The molecule has 5 heteroatoms. The molecule has 1 amide bonds. The Labute approximate surface area is 155 Å². The highest BCUT2D eigenvalue weighted by Gasteiger charge is 2.36. The van der Waals surface area contributed by atoms with Crippen molar-refractivity contribution in [2.24, 2.45) is 0 Å². The van der Waals surface area contributed by atoms with E-state index in [-0.39, 0.29) is 17.4 Å². The summed E-state index contributed by atoms with van der Waals surface area (Å²) in [4.78, 5) is 20.1. The van der Waals surface area contributed by atoms with Gasteiger partial charge in [0.25, 0.3) is 5.91 Å². The number of benzene rings is 1. The fraction of sp³-hybridized carbons (Fsp3) is 0.619. The lowest BCUT2D eigenvalue weighted by Gasteiger charge is -2.47. The summed E-state index contributed by atoms with van der Waals surface area (Å²) in [5.41, 5.74) is 1.79. The summed E-state index contributed by atoms with van der Waals surface area (Å²) in [5.74, 6) is 0.638. The smallest absolute Gasteiger partial charge is 0.253 e. The third kappa shape index (κ3) is 3.13. The highest BCUT2D eigenvalue weighted by atomic mass is 16.3. The molecule has 0 aliphatic carbocycles. The molecule has 2 aromatic rings. The standard InChI is InChI=1S/C21H29N3O2/c1-21(2,3)20-23-18-16(9-6-10-17(18)26-20)19(25)22-13-11-14-7-5-8-15(12-13)24(14)4/h6,9-10,13-15H,5,7-8,11-12H2,1-4H3,(H,22,25). The molecule has 0 radical (unpaired) electrons. The van der Waals surface area contributed by atoms with Crippen LogP contribution < -0.4 is 5.32 Å². The van der Waals surface area contributed by atoms with E-state index in [1.807, 2.05) is 18.2 Å². The van der Waals surface area contributed by atoms with E-state index in [4.69, 9.17) is 4.42 Å². The number of rotatable bonds is 2. The largest absolute Gasteiger partial charge is 0.440 e. The first-order chi connectivity index (χ1) is 12.3. The van der Waals surface area contributed by atoms with Crippen molar-refractivity contribution < 1.29 is 9.21 Å². The van der Waals surface area contributed by atoms with E-state index in [9.17, 15) is 4.79 Å². The lowest BCUT2D eigenvalue weighted by molar-refractivity contribution is 0.0463. The monoisotopic (exact) mass is 355 g/mol. The highest BCUT2D eigenvalue weighted by Crippen LogP contribution is 2.33. The van der Waals surface area contributed by atoms with Crippen LogP contribution in [0.3, 0.4) is 0 Å². The van der Waals surface area contributed by atoms with Crippen LogP contribution in [0, 0.1) is 0 Å². The van der Waals surface area contributed by atoms with Gasteiger partial charge in [0, 0.05) is 23.5 Å². The molecule has 1 N–H and O–H groups in total. The van der Waals surface area contributed by atoms with E-state index < -0.39 is 0 Å². The molecule has 2 aliphatic rings. The first-order valence-corrected chi connectivity index (χ1v) is 9.76. The van der Waals surface area contributed by atoms with E-state index in [1.54, 1.807) is 0 Å². The molecule has 2 saturated heterocycles. The summed E-state index contributed by atoms with van der Waals surface area (Å²) in [6.45, 7) is 6.19. The lowest BCUT2D eigenvalue weighted by Crippen LogP contribution is -2.55. The number of hydrogen-bond donors (Lipinski definition) is 1. The molecule has 0 spiro atoms. The second-order valence-corrected chi connectivity index (χ2v) is 8.97. The first kappa shape index (κ1) is 17.5. The lowest BCUT2D eigenvalue weighted by atomic mass is 9.82. The van der Waals surface area contributed by atoms with E-state index in [1.165, 1.54) is 19.3 Å². The van der Waals surface area contributed by atoms with Crippen LogP contribution in [0.25, 0.3) is 11.1 Å². The molecule has 140 valence electrons. The maximum absolute atomic E-state index is 13.0. The number of hydrogen-bond acceptors (Lipinski definition) is 4. The topological polar surface area (TPSA) is 58.4 Å². The fourth-order valence-corrected chi connectivity index (χ4v) is 4.45. The van der Waals surface area contributed by atoms with Gasteiger partial charge in [-0.3, -0.25) is 4.79 Å². The number of oxazole rings is 1. The molecule has 5 nitrogen and oxygen atoms in total. The zero-order valence-electron chi connectivity index (χ0n) is 16.2. The molecule has 0 saturated carbocycles. The Morgan fingerprint density at radius 1 is 1.23 bits per heavy atom. The van der Waals surface area contributed by atoms with E-state index >= 15 is 0 Å². The molecule has 4 rings (SSSR count). The van der Waals surface area contributed by atoms with Crippen molar-refractivity contribution in [2.75, 3.05) is 7.05 Å². The van der Waals surface area contributed by atoms with Crippen LogP contribution in [0.2, 0.25) is 0 Å². The highest BCUT2D eigenvalue weighted by molar-refractivity contribution is 6.04. The quantitative estimate of drug-likeness (QED) is 0.888. The number of carbonyl (C=O) groups is 1. The molecule has 3 heterocycles. The maximum Gasteiger partial charge on any atom is 0.253 e. The fourth-order valence-electron chi connectivity index (χ4n) is 4.45. The average molecular weight is 355 g/mol. The molecular weight excluding hydrogens is 326 g/mol. The Kier molecular flexibility index (Phi) is 4.30. The van der Waals surface area contributed by atoms with Gasteiger partial charge in [-0.1, -0.05) is 33.3 Å². The number of fused-ring (bicyclic) bond motifs is 3. The molecule has 2 atom stereocenters. The predicted molar refractivity (Wildman–Crippen MR) is 102 cm³/mol. The third-order valence-corrected chi connectivity index (χ3v) is 5.98. The second-order valence-electron chi connectivity index (χ2n) is 8.97. The Balaban J connectivity index is 1.56. The van der Waals surface area contributed by atoms with Crippen LogP contribution in [0.5, 0.6) is 0 Å². The Morgan fingerprint density at radius 2 is 1.92 bits per heavy atom. The molecule has 2 fully saturated rings. The van der Waals surface area contributed by atoms with Gasteiger partial charge >= 0.3 is 0 Å². The number of piperidine rings is 2. The van der Waals surface area contributed by atoms with Crippen LogP contribution in [0.15, 0.2) is 22.6 Å². The molecule has 1 aromatic heterocycles. The number of nitrogens with one attached hydrogen (secondary N) is 1. The van der Waals surface area contributed by atoms with Gasteiger partial charge in [0.05, 0.1) is 5.56 Å². The van der Waals surface area contributed by atoms with Crippen LogP contribution in [-0.4, -0.2) is 41.0 Å². The summed E-state index contributed by atoms with van der Waals surface area (Å²) >= 11 is 0. The summed E-state index contributed by atoms with van der Waals surface area (Å²) in [6.07, 6.45) is 5.88. The zero-order chi connectivity index (χ0) is 18.5. The van der Waals surface area contributed by atoms with Gasteiger partial charge in [0.15, 0.2) is 5.58 Å². The average Bonchev–Trinajstić information content (AvgIpc) is 3.00. The van der Waals surface area contributed by atoms with Crippen molar-refractivity contribution in [3.63, 3.8) is 0 Å². The van der Waals surface area contributed by atoms with E-state index in [2.05, 4.69) is 43.0 Å². The van der Waals surface area contributed by atoms with Crippen molar-refractivity contribution in [3.8, 4) is 0 Å². The second kappa shape index (κ2) is 6.38. The van der Waals surface area contributed by atoms with Crippen molar-refractivity contribution in [3.05, 3.63) is 29.7 Å². The van der Waals surface area contributed by atoms with Gasteiger partial charge < -0.3 is 14.6 Å². The third-order valence-electron chi connectivity index (χ3n) is 5.98. The van der Waals surface area contributed by atoms with Gasteiger partial charge in [-0.2, -0.15) is 0 Å². The first-order valence-electron chi connectivity index (χ1n) is 9.76. The van der Waals surface area contributed by atoms with E-state index in [0.29, 0.717) is 34.6 Å². The Hall–Kier alpha value is -1.88. The molecular formula is C21H29N3O2. The van der Waals surface area contributed by atoms with Gasteiger partial charge in [-0.15, -0.1) is 0 Å². The van der Waals surface area contributed by atoms with Crippen LogP contribution >= 0.6 is 0 Å². The summed E-state index contributed by atoms with van der Waals surface area (Å²) in [7, 11) is 2.23. The zero-order valence-corrected chi connectivity index (χ0v) is 16.2. The number of nitrogens with zero attached hydrogens (tertiary/aromatic N) is 2. The van der Waals surface area contributed by atoms with Crippen molar-refractivity contribution in [1.29, 1.82) is 0 Å². The van der Waals surface area contributed by atoms with Gasteiger partial charge in [-0.25, -0.2) is 4.98 Å². The molecule has 1 aromatic carbocycles. The van der Waals surface area contributed by atoms with Crippen molar-refractivity contribution in [2.45, 2.75) is 76.4 Å². The SMILES string of the molecule is CN1C2CCCC1CC(NC(=O)c1cccc3oc(C(C)(C)C)nc13)C2. The number of aromatic nitrogens is 1. The number of amides is 1. The summed E-state index contributed by atoms with van der Waals surface area (Å²) in [6, 6.07) is 7.05. The molecule has 2 aliphatic heterocycles. The predicted octanol–water partition coefficient (Wildman–Crippen LogP) is 3.87. The van der Waals surface area contributed by atoms with Crippen LogP contribution in [0.4, 0.5) is 0 Å². The summed E-state index contributed by atoms with van der Waals surface area (Å²) in [5, 5.41) is 3.28.